The lowest BCUT2D eigenvalue weighted by Gasteiger charge is -1.71. The average molecular weight is 215 g/mol. The lowest BCUT2D eigenvalue weighted by atomic mass is 11.9. The molecule has 0 aliphatic heterocycles. The van der Waals surface area contributed by atoms with Crippen LogP contribution in [0.2, 0.25) is 0 Å². The predicted octanol–water partition coefficient (Wildman–Crippen LogP) is 1.40. The van der Waals surface area contributed by atoms with Crippen LogP contribution >= 0.6 is 31.9 Å². The standard InChI is InChI=1S/2CH2Br.Al/c2*1-2;/h2*1H2;. The topological polar surface area (TPSA) is 0 Å². The van der Waals surface area contributed by atoms with E-state index in [1.807, 2.05) is 0 Å². The fourth-order valence-electron chi connectivity index (χ4n) is 0.0412. The van der Waals surface area contributed by atoms with E-state index in [1.54, 1.807) is 0 Å². The van der Waals surface area contributed by atoms with Crippen molar-refractivity contribution >= 4 is 47.1 Å². The highest BCUT2D eigenvalue weighted by Crippen LogP contribution is 1.79. The minimum absolute atomic E-state index is 0.648. The summed E-state index contributed by atoms with van der Waals surface area (Å²) in [5, 5.41) is 0. The van der Waals surface area contributed by atoms with Gasteiger partial charge in [0.1, 0.15) is 0 Å². The Labute approximate surface area is 55.3 Å². The summed E-state index contributed by atoms with van der Waals surface area (Å²) in [6.45, 7) is 0. The normalized spacial score (nSPS) is 7.60. The Morgan fingerprint density at radius 3 is 1.60 bits per heavy atom. The third-order valence-electron chi connectivity index (χ3n) is 0.218. The van der Waals surface area contributed by atoms with E-state index in [9.17, 15) is 0 Å². The molecule has 0 fully saturated rings. The summed E-state index contributed by atoms with van der Waals surface area (Å²) in [4.78, 5) is 0. The molecule has 1 radical (unpaired) electrons. The molecule has 0 heterocycles. The molecule has 0 nitrogen and oxygen atoms in total. The van der Waals surface area contributed by atoms with Crippen LogP contribution in [0.25, 0.3) is 0 Å². The zero-order valence-corrected chi connectivity index (χ0v) is 7.07. The van der Waals surface area contributed by atoms with Crippen LogP contribution in [0.4, 0.5) is 0 Å². The Kier molecular flexibility index (Phi) is 7.13. The molecule has 0 aromatic rings. The molecule has 0 unspecified atom stereocenters. The van der Waals surface area contributed by atoms with E-state index < -0.39 is 0 Å². The molecule has 0 aromatic heterocycles. The highest BCUT2D eigenvalue weighted by Gasteiger charge is 1.78. The fourth-order valence-corrected chi connectivity index (χ4v) is 3.34. The van der Waals surface area contributed by atoms with Gasteiger partial charge in [-0.2, -0.15) is 0 Å². The van der Waals surface area contributed by atoms with E-state index in [1.165, 1.54) is 8.38 Å². The van der Waals surface area contributed by atoms with E-state index in [2.05, 4.69) is 31.9 Å². The van der Waals surface area contributed by atoms with Crippen LogP contribution in [0.3, 0.4) is 0 Å². The van der Waals surface area contributed by atoms with Crippen molar-refractivity contribution in [2.24, 2.45) is 0 Å². The Hall–Kier alpha value is 1.49. The van der Waals surface area contributed by atoms with E-state index >= 15 is 0 Å². The molecule has 0 amide bonds. The van der Waals surface area contributed by atoms with Gasteiger partial charge in [-0.3, -0.25) is 0 Å². The van der Waals surface area contributed by atoms with Crippen molar-refractivity contribution in [2.75, 3.05) is 8.38 Å². The van der Waals surface area contributed by atoms with E-state index in [4.69, 9.17) is 0 Å². The van der Waals surface area contributed by atoms with Gasteiger partial charge in [-0.05, 0) is 0 Å². The Balaban J connectivity index is 2.19. The average Bonchev–Trinajstić information content (AvgIpc) is 1.41. The third kappa shape index (κ3) is 5.49. The molecule has 0 saturated heterocycles. The monoisotopic (exact) mass is 213 g/mol. The Bertz CT molecular complexity index is 15.1. The highest BCUT2D eigenvalue weighted by atomic mass is 79.9. The number of hydrogen-bond donors (Lipinski definition) is 0. The van der Waals surface area contributed by atoms with Crippen molar-refractivity contribution in [3.8, 4) is 0 Å². The van der Waals surface area contributed by atoms with Crippen molar-refractivity contribution in [3.05, 3.63) is 0 Å². The first kappa shape index (κ1) is 6.49. The van der Waals surface area contributed by atoms with E-state index in [0.717, 1.165) is 0 Å². The summed E-state index contributed by atoms with van der Waals surface area (Å²) in [5.74, 6) is 0. The number of rotatable bonds is 2. The molecule has 29 valence electrons. The van der Waals surface area contributed by atoms with Gasteiger partial charge in [0, 0.05) is 0 Å². The van der Waals surface area contributed by atoms with Crippen molar-refractivity contribution < 1.29 is 0 Å². The maximum atomic E-state index is 3.32. The molecular weight excluding hydrogens is 211 g/mol. The van der Waals surface area contributed by atoms with Gasteiger partial charge in [-0.15, -0.1) is 31.9 Å². The zero-order chi connectivity index (χ0) is 4.12. The van der Waals surface area contributed by atoms with Crippen molar-refractivity contribution in [1.29, 1.82) is 0 Å². The maximum absolute atomic E-state index is 3.32. The summed E-state index contributed by atoms with van der Waals surface area (Å²) < 4.78 is 2.39. The molecule has 0 N–H and O–H groups in total. The van der Waals surface area contributed by atoms with Crippen LogP contribution in [-0.4, -0.2) is 23.6 Å². The molecule has 0 bridgehead atoms. The smallest absolute Gasteiger partial charge is 0.110 e. The molecule has 0 rings (SSSR count). The van der Waals surface area contributed by atoms with Gasteiger partial charge in [0.25, 0.3) is 0 Å². The number of hydrogen-bond acceptors (Lipinski definition) is 0. The summed E-state index contributed by atoms with van der Waals surface area (Å²) >= 11 is 7.28. The second-order valence-electron chi connectivity index (χ2n) is 0.597. The summed E-state index contributed by atoms with van der Waals surface area (Å²) in [5.41, 5.74) is 0. The highest BCUT2D eigenvalue weighted by molar-refractivity contribution is 9.10. The Morgan fingerprint density at radius 2 is 1.60 bits per heavy atom. The van der Waals surface area contributed by atoms with Crippen molar-refractivity contribution in [3.63, 3.8) is 0 Å². The van der Waals surface area contributed by atoms with Crippen molar-refractivity contribution in [1.82, 2.24) is 0 Å². The predicted molar refractivity (Wildman–Crippen MR) is 33.3 cm³/mol. The molecule has 0 atom stereocenters. The van der Waals surface area contributed by atoms with Crippen LogP contribution in [0.15, 0.2) is 0 Å². The first-order valence-electron chi connectivity index (χ1n) is 1.35. The molecule has 0 saturated carbocycles. The lowest BCUT2D eigenvalue weighted by molar-refractivity contribution is 2.07. The second-order valence-corrected chi connectivity index (χ2v) is 5.68. The maximum Gasteiger partial charge on any atom is 0.234 e. The van der Waals surface area contributed by atoms with Gasteiger partial charge in [0.05, 0.1) is 0 Å². The van der Waals surface area contributed by atoms with Crippen LogP contribution in [0.1, 0.15) is 0 Å². The minimum Gasteiger partial charge on any atom is -0.110 e. The third-order valence-corrected chi connectivity index (χ3v) is 3.40. The second kappa shape index (κ2) is 5.49. The van der Waals surface area contributed by atoms with Gasteiger partial charge < -0.3 is 0 Å². The molecule has 3 heteroatoms. The SMILES string of the molecule is Br[CH2][Al][CH2]Br. The summed E-state index contributed by atoms with van der Waals surface area (Å²) in [7, 11) is 0. The van der Waals surface area contributed by atoms with Crippen LogP contribution in [-0.2, 0) is 0 Å². The molecule has 0 aromatic carbocycles. The number of alkyl halides is 2. The molecule has 0 aliphatic carbocycles. The number of halogens is 2. The van der Waals surface area contributed by atoms with Gasteiger partial charge in [-0.25, -0.2) is 0 Å². The first-order chi connectivity index (χ1) is 2.41. The van der Waals surface area contributed by atoms with Crippen LogP contribution < -0.4 is 0 Å². The van der Waals surface area contributed by atoms with Gasteiger partial charge in [0.15, 0.2) is 0 Å². The van der Waals surface area contributed by atoms with Crippen molar-refractivity contribution in [2.45, 2.75) is 0 Å². The summed E-state index contributed by atoms with van der Waals surface area (Å²) in [6.07, 6.45) is 0. The van der Waals surface area contributed by atoms with Crippen LogP contribution in [0, 0.1) is 0 Å². The quantitative estimate of drug-likeness (QED) is 0.482. The molecule has 0 spiro atoms. The molecule has 0 aliphatic rings. The first-order valence-corrected chi connectivity index (χ1v) is 5.23. The van der Waals surface area contributed by atoms with Crippen LogP contribution in [0.5, 0.6) is 0 Å². The minimum atomic E-state index is 0.648. The fraction of sp³-hybridized carbons (Fsp3) is 1.00. The molecule has 5 heavy (non-hydrogen) atoms. The Morgan fingerprint density at radius 1 is 1.20 bits per heavy atom. The largest absolute Gasteiger partial charge is 0.234 e. The van der Waals surface area contributed by atoms with E-state index in [-0.39, 0.29) is 0 Å². The van der Waals surface area contributed by atoms with E-state index in [0.29, 0.717) is 15.2 Å². The lowest BCUT2D eigenvalue weighted by Crippen LogP contribution is -1.89. The summed E-state index contributed by atoms with van der Waals surface area (Å²) in [6, 6.07) is 0. The zero-order valence-electron chi connectivity index (χ0n) is 2.75. The molecular formula is C2H4AlBr2. The van der Waals surface area contributed by atoms with Gasteiger partial charge in [-0.1, -0.05) is 8.38 Å². The van der Waals surface area contributed by atoms with Gasteiger partial charge in [0.2, 0.25) is 15.2 Å². The van der Waals surface area contributed by atoms with Gasteiger partial charge >= 0.3 is 0 Å².